The van der Waals surface area contributed by atoms with Crippen molar-refractivity contribution in [2.75, 3.05) is 5.75 Å². The first-order valence-electron chi connectivity index (χ1n) is 22.5. The van der Waals surface area contributed by atoms with Gasteiger partial charge in [-0.1, -0.05) is 213 Å². The van der Waals surface area contributed by atoms with E-state index in [0.29, 0.717) is 22.3 Å². The third-order valence-corrected chi connectivity index (χ3v) is 12.7. The number of halogens is 3. The van der Waals surface area contributed by atoms with Gasteiger partial charge in [0.05, 0.1) is 11.1 Å². The predicted molar refractivity (Wildman–Crippen MR) is 279 cm³/mol. The van der Waals surface area contributed by atoms with Crippen LogP contribution in [-0.4, -0.2) is 44.7 Å². The first-order chi connectivity index (χ1) is 34.3. The third kappa shape index (κ3) is 12.1. The highest BCUT2D eigenvalue weighted by molar-refractivity contribution is 8.01. The fourth-order valence-corrected chi connectivity index (χ4v) is 9.74. The average molecular weight is 966 g/mol. The topological polar surface area (TPSA) is 104 Å². The van der Waals surface area contributed by atoms with Crippen molar-refractivity contribution in [3.05, 3.63) is 284 Å². The Labute approximate surface area is 414 Å². The number of carbonyl (C=O) groups is 3. The molecule has 7 nitrogen and oxygen atoms in total. The normalized spacial score (nSPS) is 17.8. The zero-order valence-corrected chi connectivity index (χ0v) is 39.1. The van der Waals surface area contributed by atoms with Crippen molar-refractivity contribution in [3.63, 3.8) is 0 Å². The molecule has 0 N–H and O–H groups in total. The number of nitro groups is 1. The van der Waals surface area contributed by atoms with Crippen LogP contribution in [0.1, 0.15) is 40.3 Å². The van der Waals surface area contributed by atoms with E-state index in [1.54, 1.807) is 189 Å². The second kappa shape index (κ2) is 23.3. The van der Waals surface area contributed by atoms with Gasteiger partial charge in [0, 0.05) is 16.1 Å². The Morgan fingerprint density at radius 2 is 0.901 bits per heavy atom. The average Bonchev–Trinajstić information content (AvgIpc) is 3.38. The van der Waals surface area contributed by atoms with E-state index in [4.69, 9.17) is 4.74 Å². The van der Waals surface area contributed by atoms with Gasteiger partial charge in [0.1, 0.15) is 10.5 Å². The maximum absolute atomic E-state index is 15.7. The van der Waals surface area contributed by atoms with Gasteiger partial charge < -0.3 is 4.74 Å². The summed E-state index contributed by atoms with van der Waals surface area (Å²) in [4.78, 5) is 61.1. The van der Waals surface area contributed by atoms with Crippen LogP contribution in [0.3, 0.4) is 0 Å². The first kappa shape index (κ1) is 50.5. The van der Waals surface area contributed by atoms with E-state index in [1.807, 2.05) is 0 Å². The van der Waals surface area contributed by atoms with E-state index >= 15 is 37.7 Å². The van der Waals surface area contributed by atoms with Gasteiger partial charge in [-0.25, -0.2) is 0 Å². The van der Waals surface area contributed by atoms with Crippen molar-refractivity contribution in [2.24, 2.45) is 0 Å². The van der Waals surface area contributed by atoms with Crippen LogP contribution < -0.4 is 0 Å². The van der Waals surface area contributed by atoms with Gasteiger partial charge in [0.25, 0.3) is 0 Å². The molecule has 1 aliphatic rings. The lowest BCUT2D eigenvalue weighted by Gasteiger charge is -2.47. The summed E-state index contributed by atoms with van der Waals surface area (Å²) in [5.74, 6) is -3.90. The Bertz CT molecular complexity index is 3110. The maximum Gasteiger partial charge on any atom is 0.573 e. The molecule has 0 radical (unpaired) electrons. The lowest BCUT2D eigenvalue weighted by atomic mass is 9.61. The predicted octanol–water partition coefficient (Wildman–Crippen LogP) is 14.0. The van der Waals surface area contributed by atoms with Crippen LogP contribution in [0.2, 0.25) is 0 Å². The van der Waals surface area contributed by atoms with Crippen LogP contribution >= 0.6 is 11.8 Å². The SMILES string of the molecule is CCSC1(C(=Cc2ccccc2)C(=O)C=Cc2ccccc2)C=CC(OC(F)(F)F)=C(C(=Cc2ccccc2)C(=O)C=Cc2ccccc2)C1(C(=Cc1ccccc1)C(=O)C=Cc1ccccc1)[N+](=O)[O-]. The summed E-state index contributed by atoms with van der Waals surface area (Å²) in [6, 6.07) is 50.7. The first-order valence-corrected chi connectivity index (χ1v) is 23.5. The van der Waals surface area contributed by atoms with Crippen molar-refractivity contribution in [3.8, 4) is 0 Å². The molecule has 0 saturated heterocycles. The van der Waals surface area contributed by atoms with Crippen LogP contribution in [0.5, 0.6) is 0 Å². The van der Waals surface area contributed by atoms with E-state index in [9.17, 15) is 0 Å². The number of allylic oxidation sites excluding steroid dienone is 4. The van der Waals surface area contributed by atoms with Gasteiger partial charge in [0.15, 0.2) is 17.3 Å². The molecule has 71 heavy (non-hydrogen) atoms. The second-order valence-corrected chi connectivity index (χ2v) is 17.5. The molecule has 0 spiro atoms. The van der Waals surface area contributed by atoms with Crippen molar-refractivity contribution < 1.29 is 37.2 Å². The lowest BCUT2D eigenvalue weighted by Crippen LogP contribution is -2.64. The third-order valence-electron chi connectivity index (χ3n) is 11.4. The molecule has 11 heteroatoms. The number of ketones is 3. The number of nitrogens with zero attached hydrogens (tertiary/aromatic N) is 1. The molecule has 354 valence electrons. The highest BCUT2D eigenvalue weighted by atomic mass is 32.2. The summed E-state index contributed by atoms with van der Waals surface area (Å²) < 4.78 is 47.9. The van der Waals surface area contributed by atoms with E-state index in [0.717, 1.165) is 36.1 Å². The number of rotatable bonds is 19. The van der Waals surface area contributed by atoms with Crippen LogP contribution in [0, 0.1) is 10.1 Å². The number of thioether (sulfide) groups is 1. The Morgan fingerprint density at radius 1 is 0.549 bits per heavy atom. The molecule has 0 fully saturated rings. The standard InChI is InChI=1S/C60H46F3NO6S/c1-2-71-58(51(42-48-29-17-7-18-30-48)54(66)37-34-45-23-11-4-12-24-45)40-39-56(70-60(61,62)63)57(50(41-47-27-15-6-16-28-47)53(65)36-33-44-21-9-3-10-22-44)59(58,64(68)69)52(43-49-31-19-8-20-32-49)55(67)38-35-46-25-13-5-14-26-46/h3-43H,2H2,1H3. The lowest BCUT2D eigenvalue weighted by molar-refractivity contribution is -0.547. The molecular formula is C60H46F3NO6S. The Kier molecular flexibility index (Phi) is 16.5. The minimum Gasteiger partial charge on any atom is -0.405 e. The summed E-state index contributed by atoms with van der Waals surface area (Å²) in [5, 5.41) is 15.5. The summed E-state index contributed by atoms with van der Waals surface area (Å²) >= 11 is 0.856. The fourth-order valence-electron chi connectivity index (χ4n) is 8.31. The van der Waals surface area contributed by atoms with Gasteiger partial charge in [-0.2, -0.15) is 0 Å². The quantitative estimate of drug-likeness (QED) is 0.0452. The number of ether oxygens (including phenoxy) is 1. The number of alkyl halides is 3. The molecular weight excluding hydrogens is 920 g/mol. The molecule has 0 aromatic heterocycles. The van der Waals surface area contributed by atoms with Gasteiger partial charge in [-0.3, -0.25) is 24.5 Å². The molecule has 0 saturated carbocycles. The highest BCUT2D eigenvalue weighted by Crippen LogP contribution is 2.59. The second-order valence-electron chi connectivity index (χ2n) is 16.0. The summed E-state index contributed by atoms with van der Waals surface area (Å²) in [6.45, 7) is 1.67. The molecule has 1 aliphatic carbocycles. The van der Waals surface area contributed by atoms with E-state index < -0.39 is 61.4 Å². The minimum absolute atomic E-state index is 0.00324. The molecule has 6 aromatic carbocycles. The molecule has 6 aromatic rings. The molecule has 0 bridgehead atoms. The van der Waals surface area contributed by atoms with E-state index in [1.165, 1.54) is 42.5 Å². The number of hydrogen-bond acceptors (Lipinski definition) is 7. The maximum atomic E-state index is 15.7. The Balaban J connectivity index is 1.71. The van der Waals surface area contributed by atoms with Gasteiger partial charge in [0.2, 0.25) is 0 Å². The molecule has 7 rings (SSSR count). The Morgan fingerprint density at radius 3 is 1.28 bits per heavy atom. The van der Waals surface area contributed by atoms with Crippen LogP contribution in [-0.2, 0) is 19.1 Å². The fraction of sp³-hybridized carbons (Fsp3) is 0.0833. The van der Waals surface area contributed by atoms with Gasteiger partial charge in [-0.05, 0) is 81.7 Å². The summed E-state index contributed by atoms with van der Waals surface area (Å²) in [5.41, 5.74) is -3.22. The highest BCUT2D eigenvalue weighted by Gasteiger charge is 2.72. The summed E-state index contributed by atoms with van der Waals surface area (Å²) in [7, 11) is 0. The Hall–Kier alpha value is -8.41. The molecule has 2 atom stereocenters. The molecule has 2 unspecified atom stereocenters. The van der Waals surface area contributed by atoms with Crippen LogP contribution in [0.15, 0.2) is 240 Å². The zero-order valence-electron chi connectivity index (χ0n) is 38.3. The van der Waals surface area contributed by atoms with Crippen LogP contribution in [0.4, 0.5) is 13.2 Å². The monoisotopic (exact) mass is 965 g/mol. The van der Waals surface area contributed by atoms with Gasteiger partial charge >= 0.3 is 11.9 Å². The number of benzene rings is 6. The molecule has 0 aliphatic heterocycles. The largest absolute Gasteiger partial charge is 0.573 e. The zero-order chi connectivity index (χ0) is 50.3. The van der Waals surface area contributed by atoms with Crippen molar-refractivity contribution in [1.82, 2.24) is 0 Å². The smallest absolute Gasteiger partial charge is 0.405 e. The number of carbonyl (C=O) groups excluding carboxylic acids is 3. The van der Waals surface area contributed by atoms with Crippen molar-refractivity contribution in [2.45, 2.75) is 23.6 Å². The van der Waals surface area contributed by atoms with E-state index in [2.05, 4.69) is 0 Å². The van der Waals surface area contributed by atoms with Gasteiger partial charge in [-0.15, -0.1) is 24.9 Å². The molecule has 0 amide bonds. The minimum atomic E-state index is -5.50. The van der Waals surface area contributed by atoms with Crippen molar-refractivity contribution in [1.29, 1.82) is 0 Å². The van der Waals surface area contributed by atoms with E-state index in [-0.39, 0.29) is 22.5 Å². The van der Waals surface area contributed by atoms with Crippen molar-refractivity contribution >= 4 is 65.6 Å². The molecule has 0 heterocycles. The summed E-state index contributed by atoms with van der Waals surface area (Å²) in [6.07, 6.45) is 8.30. The number of hydrogen-bond donors (Lipinski definition) is 0. The van der Waals surface area contributed by atoms with Crippen LogP contribution in [0.25, 0.3) is 36.5 Å².